The SMILES string of the molecule is COc1cc(C(=O)N[C@H](Cc2ccccc2)C(=O)O)cc(NC(C)=O)c1OC. The molecule has 0 spiro atoms. The third-order valence-corrected chi connectivity index (χ3v) is 3.94. The molecule has 0 aromatic heterocycles. The van der Waals surface area contributed by atoms with Crippen molar-refractivity contribution in [2.45, 2.75) is 19.4 Å². The van der Waals surface area contributed by atoms with Gasteiger partial charge in [0.15, 0.2) is 11.5 Å². The molecule has 0 heterocycles. The van der Waals surface area contributed by atoms with Crippen LogP contribution in [0.2, 0.25) is 0 Å². The summed E-state index contributed by atoms with van der Waals surface area (Å²) in [6, 6.07) is 10.7. The fourth-order valence-corrected chi connectivity index (χ4v) is 2.67. The summed E-state index contributed by atoms with van der Waals surface area (Å²) >= 11 is 0. The monoisotopic (exact) mass is 386 g/mol. The maximum Gasteiger partial charge on any atom is 0.326 e. The summed E-state index contributed by atoms with van der Waals surface area (Å²) in [5.74, 6) is -1.64. The van der Waals surface area contributed by atoms with Gasteiger partial charge in [-0.25, -0.2) is 4.79 Å². The lowest BCUT2D eigenvalue weighted by Crippen LogP contribution is -2.42. The first-order chi connectivity index (χ1) is 13.3. The molecule has 2 aromatic carbocycles. The molecule has 2 amide bonds. The van der Waals surface area contributed by atoms with Crippen molar-refractivity contribution in [3.63, 3.8) is 0 Å². The highest BCUT2D eigenvalue weighted by atomic mass is 16.5. The molecule has 0 saturated carbocycles. The van der Waals surface area contributed by atoms with Gasteiger partial charge in [-0.15, -0.1) is 0 Å². The number of carbonyl (C=O) groups excluding carboxylic acids is 2. The maximum absolute atomic E-state index is 12.7. The fourth-order valence-electron chi connectivity index (χ4n) is 2.67. The Bertz CT molecular complexity index is 866. The number of ether oxygens (including phenoxy) is 2. The van der Waals surface area contributed by atoms with E-state index in [9.17, 15) is 19.5 Å². The molecule has 0 saturated heterocycles. The van der Waals surface area contributed by atoms with Crippen LogP contribution in [0.5, 0.6) is 11.5 Å². The number of nitrogens with one attached hydrogen (secondary N) is 2. The van der Waals surface area contributed by atoms with Crippen LogP contribution in [0.25, 0.3) is 0 Å². The van der Waals surface area contributed by atoms with Crippen molar-refractivity contribution >= 4 is 23.5 Å². The van der Waals surface area contributed by atoms with E-state index in [1.807, 2.05) is 6.07 Å². The molecule has 3 N–H and O–H groups in total. The van der Waals surface area contributed by atoms with Crippen LogP contribution in [-0.4, -0.2) is 43.2 Å². The molecule has 0 unspecified atom stereocenters. The summed E-state index contributed by atoms with van der Waals surface area (Å²) in [6.45, 7) is 1.32. The normalized spacial score (nSPS) is 11.2. The van der Waals surface area contributed by atoms with E-state index in [-0.39, 0.29) is 35.1 Å². The fraction of sp³-hybridized carbons (Fsp3) is 0.250. The first-order valence-electron chi connectivity index (χ1n) is 8.47. The number of carboxylic acid groups (broad SMARTS) is 1. The van der Waals surface area contributed by atoms with Crippen LogP contribution in [0.4, 0.5) is 5.69 Å². The van der Waals surface area contributed by atoms with Crippen LogP contribution in [0.1, 0.15) is 22.8 Å². The Balaban J connectivity index is 2.30. The topological polar surface area (TPSA) is 114 Å². The van der Waals surface area contributed by atoms with E-state index >= 15 is 0 Å². The summed E-state index contributed by atoms with van der Waals surface area (Å²) in [5.41, 5.74) is 1.15. The van der Waals surface area contributed by atoms with Gasteiger partial charge >= 0.3 is 5.97 Å². The van der Waals surface area contributed by atoms with Gasteiger partial charge in [0.25, 0.3) is 5.91 Å². The van der Waals surface area contributed by atoms with E-state index in [0.29, 0.717) is 0 Å². The number of rotatable bonds is 8. The first-order valence-corrected chi connectivity index (χ1v) is 8.47. The van der Waals surface area contributed by atoms with Gasteiger partial charge in [0.05, 0.1) is 19.9 Å². The lowest BCUT2D eigenvalue weighted by molar-refractivity contribution is -0.139. The molecular weight excluding hydrogens is 364 g/mol. The van der Waals surface area contributed by atoms with Crippen molar-refractivity contribution in [1.29, 1.82) is 0 Å². The Labute approximate surface area is 162 Å². The number of hydrogen-bond acceptors (Lipinski definition) is 5. The second-order valence-corrected chi connectivity index (χ2v) is 5.99. The van der Waals surface area contributed by atoms with E-state index in [2.05, 4.69) is 10.6 Å². The number of benzene rings is 2. The molecule has 0 aliphatic carbocycles. The Morgan fingerprint density at radius 3 is 2.29 bits per heavy atom. The Kier molecular flexibility index (Phi) is 6.97. The first kappa shape index (κ1) is 20.8. The number of anilines is 1. The van der Waals surface area contributed by atoms with Crippen molar-refractivity contribution in [2.75, 3.05) is 19.5 Å². The van der Waals surface area contributed by atoms with Gasteiger partial charge in [-0.3, -0.25) is 9.59 Å². The summed E-state index contributed by atoms with van der Waals surface area (Å²) < 4.78 is 10.5. The van der Waals surface area contributed by atoms with Gasteiger partial charge < -0.3 is 25.2 Å². The van der Waals surface area contributed by atoms with E-state index < -0.39 is 17.9 Å². The molecule has 148 valence electrons. The zero-order valence-electron chi connectivity index (χ0n) is 15.8. The molecule has 0 fully saturated rings. The molecule has 2 rings (SSSR count). The van der Waals surface area contributed by atoms with Gasteiger partial charge in [0, 0.05) is 18.9 Å². The van der Waals surface area contributed by atoms with Crippen molar-refractivity contribution in [3.8, 4) is 11.5 Å². The molecular formula is C20H22N2O6. The zero-order chi connectivity index (χ0) is 20.7. The van der Waals surface area contributed by atoms with Gasteiger partial charge in [-0.05, 0) is 17.7 Å². The van der Waals surface area contributed by atoms with E-state index in [0.717, 1.165) is 5.56 Å². The van der Waals surface area contributed by atoms with Crippen LogP contribution < -0.4 is 20.1 Å². The molecule has 8 nitrogen and oxygen atoms in total. The summed E-state index contributed by atoms with van der Waals surface area (Å²) in [5, 5.41) is 14.5. The van der Waals surface area contributed by atoms with Gasteiger partial charge in [0.2, 0.25) is 5.91 Å². The van der Waals surface area contributed by atoms with Crippen LogP contribution in [0.3, 0.4) is 0 Å². The number of carboxylic acids is 1. The van der Waals surface area contributed by atoms with Crippen LogP contribution in [-0.2, 0) is 16.0 Å². The molecule has 28 heavy (non-hydrogen) atoms. The van der Waals surface area contributed by atoms with Gasteiger partial charge in [-0.1, -0.05) is 30.3 Å². The molecule has 0 radical (unpaired) electrons. The number of methoxy groups -OCH3 is 2. The van der Waals surface area contributed by atoms with Crippen molar-refractivity contribution in [3.05, 3.63) is 53.6 Å². The highest BCUT2D eigenvalue weighted by Crippen LogP contribution is 2.36. The second-order valence-electron chi connectivity index (χ2n) is 5.99. The highest BCUT2D eigenvalue weighted by molar-refractivity contribution is 6.00. The smallest absolute Gasteiger partial charge is 0.326 e. The van der Waals surface area contributed by atoms with Gasteiger partial charge in [-0.2, -0.15) is 0 Å². The standard InChI is InChI=1S/C20H22N2O6/c1-12(23)21-15-10-14(11-17(27-2)18(15)28-3)19(24)22-16(20(25)26)9-13-7-5-4-6-8-13/h4-8,10-11,16H,9H2,1-3H3,(H,21,23)(H,22,24)(H,25,26)/t16-/m1/s1. The largest absolute Gasteiger partial charge is 0.493 e. The van der Waals surface area contributed by atoms with Crippen LogP contribution >= 0.6 is 0 Å². The number of amides is 2. The van der Waals surface area contributed by atoms with E-state index in [1.165, 1.54) is 33.3 Å². The average molecular weight is 386 g/mol. The molecule has 2 aromatic rings. The predicted molar refractivity (Wildman–Crippen MR) is 103 cm³/mol. The minimum Gasteiger partial charge on any atom is -0.493 e. The number of aliphatic carboxylic acids is 1. The summed E-state index contributed by atoms with van der Waals surface area (Å²) in [4.78, 5) is 35.7. The van der Waals surface area contributed by atoms with Crippen LogP contribution in [0.15, 0.2) is 42.5 Å². The van der Waals surface area contributed by atoms with Gasteiger partial charge in [0.1, 0.15) is 6.04 Å². The van der Waals surface area contributed by atoms with Crippen LogP contribution in [0, 0.1) is 0 Å². The molecule has 1 atom stereocenters. The maximum atomic E-state index is 12.7. The summed E-state index contributed by atoms with van der Waals surface area (Å²) in [6.07, 6.45) is 0.133. The summed E-state index contributed by atoms with van der Waals surface area (Å²) in [7, 11) is 2.80. The third-order valence-electron chi connectivity index (χ3n) is 3.94. The molecule has 0 aliphatic heterocycles. The lowest BCUT2D eigenvalue weighted by atomic mass is 10.1. The quantitative estimate of drug-likeness (QED) is 0.640. The van der Waals surface area contributed by atoms with Crippen molar-refractivity contribution < 1.29 is 29.0 Å². The number of hydrogen-bond donors (Lipinski definition) is 3. The third kappa shape index (κ3) is 5.23. The van der Waals surface area contributed by atoms with Crippen molar-refractivity contribution in [1.82, 2.24) is 5.32 Å². The van der Waals surface area contributed by atoms with E-state index in [4.69, 9.17) is 9.47 Å². The Morgan fingerprint density at radius 2 is 1.75 bits per heavy atom. The molecule has 0 bridgehead atoms. The average Bonchev–Trinajstić information content (AvgIpc) is 2.66. The molecule has 8 heteroatoms. The molecule has 0 aliphatic rings. The zero-order valence-corrected chi connectivity index (χ0v) is 15.8. The predicted octanol–water partition coefficient (Wildman–Crippen LogP) is 2.09. The minimum absolute atomic E-state index is 0.126. The number of carbonyl (C=O) groups is 3. The minimum atomic E-state index is -1.15. The second kappa shape index (κ2) is 9.40. The van der Waals surface area contributed by atoms with Crippen molar-refractivity contribution in [2.24, 2.45) is 0 Å². The highest BCUT2D eigenvalue weighted by Gasteiger charge is 2.23. The Morgan fingerprint density at radius 1 is 1.07 bits per heavy atom. The van der Waals surface area contributed by atoms with E-state index in [1.54, 1.807) is 24.3 Å². The Hall–Kier alpha value is -3.55. The lowest BCUT2D eigenvalue weighted by Gasteiger charge is -2.17.